The van der Waals surface area contributed by atoms with Gasteiger partial charge < -0.3 is 4.98 Å². The highest BCUT2D eigenvalue weighted by molar-refractivity contribution is 5.57. The molecule has 1 fully saturated rings. The number of nitrogens with zero attached hydrogens (tertiary/aromatic N) is 2. The summed E-state index contributed by atoms with van der Waals surface area (Å²) in [6.45, 7) is 5.92. The van der Waals surface area contributed by atoms with Gasteiger partial charge in [-0.25, -0.2) is 4.79 Å². The largest absolute Gasteiger partial charge is 0.325 e. The summed E-state index contributed by atoms with van der Waals surface area (Å²) in [4.78, 5) is 27.3. The number of nitrogens with one attached hydrogen (secondary N) is 2. The molecule has 2 aromatic rings. The first kappa shape index (κ1) is 14.2. The summed E-state index contributed by atoms with van der Waals surface area (Å²) in [5, 5.41) is 8.10. The van der Waals surface area contributed by atoms with E-state index in [4.69, 9.17) is 0 Å². The number of aromatic amines is 2. The van der Waals surface area contributed by atoms with Crippen LogP contribution >= 0.6 is 0 Å². The fourth-order valence-electron chi connectivity index (χ4n) is 2.01. The van der Waals surface area contributed by atoms with E-state index >= 15 is 0 Å². The monoisotopic (exact) mass is 278 g/mol. The van der Waals surface area contributed by atoms with Gasteiger partial charge in [-0.3, -0.25) is 9.78 Å². The fourth-order valence-corrected chi connectivity index (χ4v) is 2.01. The van der Waals surface area contributed by atoms with Crippen LogP contribution in [-0.2, 0) is 0 Å². The molecule has 2 N–H and O–H groups in total. The lowest BCUT2D eigenvalue weighted by Crippen LogP contribution is -2.23. The highest BCUT2D eigenvalue weighted by atomic mass is 16.2. The third-order valence-electron chi connectivity index (χ3n) is 3.13. The molecule has 6 heteroatoms. The van der Waals surface area contributed by atoms with E-state index in [1.54, 1.807) is 0 Å². The standard InChI is InChI=1S/C12H12N4O2.C2H6.2H2/c1-6-8(7-2-3-7)4-10(16-15-6)9-5-13-12(18)14-11(9)17;1-2;;/h4-5,7H,2-3H2,1H3,(H2,13,14,17,18);1-2H3;2*1H. The van der Waals surface area contributed by atoms with E-state index in [1.807, 2.05) is 26.8 Å². The summed E-state index contributed by atoms with van der Waals surface area (Å²) in [6, 6.07) is 1.89. The van der Waals surface area contributed by atoms with Gasteiger partial charge in [-0.1, -0.05) is 13.8 Å². The van der Waals surface area contributed by atoms with Crippen molar-refractivity contribution in [3.63, 3.8) is 0 Å². The molecule has 0 bridgehead atoms. The third-order valence-corrected chi connectivity index (χ3v) is 3.13. The van der Waals surface area contributed by atoms with Gasteiger partial charge in [-0.05, 0) is 37.3 Å². The second-order valence-electron chi connectivity index (χ2n) is 4.53. The molecule has 0 amide bonds. The summed E-state index contributed by atoms with van der Waals surface area (Å²) in [6.07, 6.45) is 3.69. The second-order valence-corrected chi connectivity index (χ2v) is 4.53. The van der Waals surface area contributed by atoms with Gasteiger partial charge in [0.1, 0.15) is 5.69 Å². The Hall–Kier alpha value is -2.24. The molecule has 1 aliphatic carbocycles. The fraction of sp³-hybridized carbons (Fsp3) is 0.429. The van der Waals surface area contributed by atoms with Gasteiger partial charge in [0, 0.05) is 9.05 Å². The maximum absolute atomic E-state index is 11.7. The van der Waals surface area contributed by atoms with E-state index in [9.17, 15) is 9.59 Å². The molecule has 0 unspecified atom stereocenters. The second kappa shape index (κ2) is 5.81. The molecule has 6 nitrogen and oxygen atoms in total. The molecule has 2 aromatic heterocycles. The average Bonchev–Trinajstić information content (AvgIpc) is 3.27. The van der Waals surface area contributed by atoms with Gasteiger partial charge in [0.05, 0.1) is 11.3 Å². The van der Waals surface area contributed by atoms with Crippen molar-refractivity contribution >= 4 is 0 Å². The van der Waals surface area contributed by atoms with Gasteiger partial charge in [0.2, 0.25) is 0 Å². The Labute approximate surface area is 119 Å². The quantitative estimate of drug-likeness (QED) is 0.881. The first-order valence-corrected chi connectivity index (χ1v) is 6.82. The van der Waals surface area contributed by atoms with Gasteiger partial charge in [-0.15, -0.1) is 5.10 Å². The lowest BCUT2D eigenvalue weighted by Gasteiger charge is -2.04. The van der Waals surface area contributed by atoms with E-state index < -0.39 is 11.2 Å². The van der Waals surface area contributed by atoms with Crippen molar-refractivity contribution in [2.45, 2.75) is 39.5 Å². The number of hydrogen-bond acceptors (Lipinski definition) is 4. The lowest BCUT2D eigenvalue weighted by molar-refractivity contribution is 0.926. The summed E-state index contributed by atoms with van der Waals surface area (Å²) >= 11 is 0. The smallest absolute Gasteiger partial charge is 0.313 e. The molecular weight excluding hydrogens is 256 g/mol. The van der Waals surface area contributed by atoms with Crippen LogP contribution in [0.1, 0.15) is 46.7 Å². The van der Waals surface area contributed by atoms with Crippen molar-refractivity contribution in [1.29, 1.82) is 0 Å². The SMILES string of the molecule is CC.Cc1nnc(-c2c[nH]c(=O)[nH]c2=O)cc1C1CC1.[HH].[HH]. The molecule has 20 heavy (non-hydrogen) atoms. The Kier molecular flexibility index (Phi) is 4.12. The molecule has 0 atom stereocenters. The summed E-state index contributed by atoms with van der Waals surface area (Å²) < 4.78 is 0. The number of H-pyrrole nitrogens is 2. The maximum atomic E-state index is 11.7. The van der Waals surface area contributed by atoms with Crippen LogP contribution in [0.15, 0.2) is 21.9 Å². The van der Waals surface area contributed by atoms with Crippen LogP contribution in [0.5, 0.6) is 0 Å². The number of hydrogen-bond donors (Lipinski definition) is 2. The zero-order valence-corrected chi connectivity index (χ0v) is 11.9. The number of rotatable bonds is 2. The zero-order valence-electron chi connectivity index (χ0n) is 11.9. The number of aromatic nitrogens is 4. The predicted molar refractivity (Wildman–Crippen MR) is 81.0 cm³/mol. The molecule has 110 valence electrons. The molecule has 1 aliphatic rings. The average molecular weight is 278 g/mol. The first-order valence-electron chi connectivity index (χ1n) is 6.82. The molecule has 0 radical (unpaired) electrons. The van der Waals surface area contributed by atoms with E-state index in [2.05, 4.69) is 20.2 Å². The van der Waals surface area contributed by atoms with Crippen LogP contribution in [-0.4, -0.2) is 20.2 Å². The van der Waals surface area contributed by atoms with Gasteiger partial charge >= 0.3 is 5.69 Å². The van der Waals surface area contributed by atoms with Crippen molar-refractivity contribution in [1.82, 2.24) is 20.2 Å². The van der Waals surface area contributed by atoms with Crippen molar-refractivity contribution < 1.29 is 2.85 Å². The van der Waals surface area contributed by atoms with Gasteiger partial charge in [-0.2, -0.15) is 5.10 Å². The van der Waals surface area contributed by atoms with Crippen LogP contribution in [0.25, 0.3) is 11.3 Å². The van der Waals surface area contributed by atoms with E-state index in [0.717, 1.165) is 24.1 Å². The lowest BCUT2D eigenvalue weighted by atomic mass is 10.1. The Morgan fingerprint density at radius 2 is 1.95 bits per heavy atom. The highest BCUT2D eigenvalue weighted by Crippen LogP contribution is 2.41. The van der Waals surface area contributed by atoms with Crippen LogP contribution in [0.3, 0.4) is 0 Å². The Bertz CT molecular complexity index is 723. The Morgan fingerprint density at radius 1 is 1.25 bits per heavy atom. The topological polar surface area (TPSA) is 91.5 Å². The van der Waals surface area contributed by atoms with Crippen LogP contribution in [0.4, 0.5) is 0 Å². The molecule has 0 saturated heterocycles. The minimum atomic E-state index is -0.522. The molecule has 1 saturated carbocycles. The molecule has 0 spiro atoms. The maximum Gasteiger partial charge on any atom is 0.325 e. The van der Waals surface area contributed by atoms with Crippen LogP contribution in [0, 0.1) is 6.92 Å². The summed E-state index contributed by atoms with van der Waals surface area (Å²) in [5.41, 5.74) is 1.92. The predicted octanol–water partition coefficient (Wildman–Crippen LogP) is 2.22. The minimum absolute atomic E-state index is 0. The summed E-state index contributed by atoms with van der Waals surface area (Å²) in [5.74, 6) is 0.543. The van der Waals surface area contributed by atoms with Crippen LogP contribution < -0.4 is 11.2 Å². The van der Waals surface area contributed by atoms with Crippen molar-refractivity contribution in [3.8, 4) is 11.3 Å². The van der Waals surface area contributed by atoms with Crippen molar-refractivity contribution in [2.75, 3.05) is 0 Å². The zero-order chi connectivity index (χ0) is 14.7. The van der Waals surface area contributed by atoms with E-state index in [1.165, 1.54) is 6.20 Å². The van der Waals surface area contributed by atoms with Crippen molar-refractivity contribution in [3.05, 3.63) is 44.4 Å². The van der Waals surface area contributed by atoms with E-state index in [-0.39, 0.29) is 2.85 Å². The van der Waals surface area contributed by atoms with Crippen LogP contribution in [0.2, 0.25) is 0 Å². The molecule has 3 rings (SSSR count). The molecule has 0 aromatic carbocycles. The van der Waals surface area contributed by atoms with Crippen molar-refractivity contribution in [2.24, 2.45) is 0 Å². The minimum Gasteiger partial charge on any atom is -0.313 e. The Balaban J connectivity index is 0.00000106. The Morgan fingerprint density at radius 3 is 2.55 bits per heavy atom. The molecule has 2 heterocycles. The molecular formula is C14H22N4O2. The molecule has 0 aliphatic heterocycles. The summed E-state index contributed by atoms with van der Waals surface area (Å²) in [7, 11) is 0. The van der Waals surface area contributed by atoms with Gasteiger partial charge in [0.25, 0.3) is 5.56 Å². The number of aryl methyl sites for hydroxylation is 1. The highest BCUT2D eigenvalue weighted by Gasteiger charge is 2.26. The first-order chi connectivity index (χ1) is 9.65. The third kappa shape index (κ3) is 2.84. The van der Waals surface area contributed by atoms with Gasteiger partial charge in [0.15, 0.2) is 0 Å². The van der Waals surface area contributed by atoms with E-state index in [0.29, 0.717) is 17.2 Å². The normalized spacial score (nSPS) is 13.6.